The SMILES string of the molecule is Cc1cc(NC(=O)c2ccc(N(C)C3CCS(=O)(=O)C3)nc2)no1. The van der Waals surface area contributed by atoms with E-state index in [0.717, 1.165) is 0 Å². The minimum Gasteiger partial charge on any atom is -0.360 e. The second-order valence-electron chi connectivity index (χ2n) is 5.85. The van der Waals surface area contributed by atoms with Gasteiger partial charge in [-0.25, -0.2) is 13.4 Å². The summed E-state index contributed by atoms with van der Waals surface area (Å²) in [6.07, 6.45) is 2.05. The van der Waals surface area contributed by atoms with Gasteiger partial charge in [-0.05, 0) is 25.5 Å². The molecule has 1 atom stereocenters. The van der Waals surface area contributed by atoms with E-state index in [9.17, 15) is 13.2 Å². The van der Waals surface area contributed by atoms with Crippen molar-refractivity contribution in [3.8, 4) is 0 Å². The number of anilines is 2. The molecule has 24 heavy (non-hydrogen) atoms. The molecule has 0 bridgehead atoms. The normalized spacial score (nSPS) is 19.2. The van der Waals surface area contributed by atoms with Crippen LogP contribution in [0.3, 0.4) is 0 Å². The van der Waals surface area contributed by atoms with E-state index in [2.05, 4.69) is 15.5 Å². The number of nitrogens with zero attached hydrogens (tertiary/aromatic N) is 3. The Labute approximate surface area is 139 Å². The van der Waals surface area contributed by atoms with E-state index in [1.807, 2.05) is 11.9 Å². The maximum absolute atomic E-state index is 12.1. The zero-order valence-corrected chi connectivity index (χ0v) is 14.2. The number of aryl methyl sites for hydroxylation is 1. The predicted octanol–water partition coefficient (Wildman–Crippen LogP) is 1.25. The molecule has 0 aromatic carbocycles. The van der Waals surface area contributed by atoms with E-state index in [1.165, 1.54) is 6.20 Å². The molecule has 8 nitrogen and oxygen atoms in total. The first-order chi connectivity index (χ1) is 11.3. The lowest BCUT2D eigenvalue weighted by atomic mass is 10.2. The van der Waals surface area contributed by atoms with Gasteiger partial charge in [0.2, 0.25) is 0 Å². The van der Waals surface area contributed by atoms with Crippen LogP contribution in [0, 0.1) is 6.92 Å². The standard InChI is InChI=1S/C15H18N4O4S/c1-10-7-13(18-23-10)17-15(20)11-3-4-14(16-8-11)19(2)12-5-6-24(21,22)9-12/h3-4,7-8,12H,5-6,9H2,1-2H3,(H,17,18,20). The third kappa shape index (κ3) is 3.56. The predicted molar refractivity (Wildman–Crippen MR) is 88.9 cm³/mol. The van der Waals surface area contributed by atoms with Crippen molar-refractivity contribution in [3.63, 3.8) is 0 Å². The first-order valence-corrected chi connectivity index (χ1v) is 9.30. The van der Waals surface area contributed by atoms with Crippen LogP contribution >= 0.6 is 0 Å². The molecule has 3 heterocycles. The van der Waals surface area contributed by atoms with Gasteiger partial charge in [-0.15, -0.1) is 0 Å². The summed E-state index contributed by atoms with van der Waals surface area (Å²) >= 11 is 0. The Hall–Kier alpha value is -2.42. The molecule has 0 radical (unpaired) electrons. The fourth-order valence-corrected chi connectivity index (χ4v) is 4.39. The number of pyridine rings is 1. The number of carbonyl (C=O) groups excluding carboxylic acids is 1. The highest BCUT2D eigenvalue weighted by Crippen LogP contribution is 2.21. The van der Waals surface area contributed by atoms with Gasteiger partial charge < -0.3 is 14.7 Å². The van der Waals surface area contributed by atoms with Crippen molar-refractivity contribution in [1.29, 1.82) is 0 Å². The number of rotatable bonds is 4. The first-order valence-electron chi connectivity index (χ1n) is 7.48. The first kappa shape index (κ1) is 16.4. The molecule has 1 aliphatic heterocycles. The Morgan fingerprint density at radius 3 is 2.75 bits per heavy atom. The zero-order chi connectivity index (χ0) is 17.3. The molecule has 1 saturated heterocycles. The van der Waals surface area contributed by atoms with Crippen LogP contribution in [-0.2, 0) is 9.84 Å². The molecule has 1 amide bonds. The van der Waals surface area contributed by atoms with Crippen LogP contribution in [0.1, 0.15) is 22.5 Å². The molecule has 1 unspecified atom stereocenters. The molecule has 0 saturated carbocycles. The van der Waals surface area contributed by atoms with Crippen molar-refractivity contribution in [2.45, 2.75) is 19.4 Å². The van der Waals surface area contributed by atoms with Gasteiger partial charge >= 0.3 is 0 Å². The van der Waals surface area contributed by atoms with Gasteiger partial charge in [0.15, 0.2) is 15.7 Å². The molecule has 1 N–H and O–H groups in total. The largest absolute Gasteiger partial charge is 0.360 e. The van der Waals surface area contributed by atoms with Crippen LogP contribution in [0.4, 0.5) is 11.6 Å². The van der Waals surface area contributed by atoms with Crippen molar-refractivity contribution >= 4 is 27.4 Å². The number of hydrogen-bond donors (Lipinski definition) is 1. The minimum atomic E-state index is -2.95. The van der Waals surface area contributed by atoms with Crippen molar-refractivity contribution < 1.29 is 17.7 Å². The van der Waals surface area contributed by atoms with Crippen LogP contribution in [0.5, 0.6) is 0 Å². The third-order valence-corrected chi connectivity index (χ3v) is 5.75. The van der Waals surface area contributed by atoms with E-state index in [-0.39, 0.29) is 23.5 Å². The van der Waals surface area contributed by atoms with Gasteiger partial charge in [-0.3, -0.25) is 4.79 Å². The van der Waals surface area contributed by atoms with Gasteiger partial charge in [0.05, 0.1) is 17.1 Å². The van der Waals surface area contributed by atoms with E-state index in [4.69, 9.17) is 4.52 Å². The van der Waals surface area contributed by atoms with Gasteiger partial charge in [0.1, 0.15) is 11.6 Å². The zero-order valence-electron chi connectivity index (χ0n) is 13.4. The molecular weight excluding hydrogens is 332 g/mol. The number of hydrogen-bond acceptors (Lipinski definition) is 7. The highest BCUT2D eigenvalue weighted by molar-refractivity contribution is 7.91. The van der Waals surface area contributed by atoms with Crippen molar-refractivity contribution in [2.24, 2.45) is 0 Å². The summed E-state index contributed by atoms with van der Waals surface area (Å²) in [6, 6.07) is 4.88. The molecule has 3 rings (SSSR count). The Kier molecular flexibility index (Phi) is 4.27. The quantitative estimate of drug-likeness (QED) is 0.884. The lowest BCUT2D eigenvalue weighted by molar-refractivity contribution is 0.102. The summed E-state index contributed by atoms with van der Waals surface area (Å²) < 4.78 is 28.1. The van der Waals surface area contributed by atoms with Gasteiger partial charge in [0.25, 0.3) is 5.91 Å². The maximum atomic E-state index is 12.1. The summed E-state index contributed by atoms with van der Waals surface area (Å²) in [5, 5.41) is 6.32. The molecule has 9 heteroatoms. The monoisotopic (exact) mass is 350 g/mol. The Bertz CT molecular complexity index is 845. The van der Waals surface area contributed by atoms with Crippen molar-refractivity contribution in [1.82, 2.24) is 10.1 Å². The molecule has 1 fully saturated rings. The van der Waals surface area contributed by atoms with Crippen LogP contribution in [-0.4, -0.2) is 49.1 Å². The number of nitrogens with one attached hydrogen (secondary N) is 1. The molecule has 2 aromatic heterocycles. The fraction of sp³-hybridized carbons (Fsp3) is 0.400. The summed E-state index contributed by atoms with van der Waals surface area (Å²) in [4.78, 5) is 18.2. The number of aromatic nitrogens is 2. The number of amides is 1. The van der Waals surface area contributed by atoms with Gasteiger partial charge in [-0.2, -0.15) is 0 Å². The lowest BCUT2D eigenvalue weighted by Crippen LogP contribution is -2.33. The maximum Gasteiger partial charge on any atom is 0.258 e. The molecule has 128 valence electrons. The summed E-state index contributed by atoms with van der Waals surface area (Å²) in [5.41, 5.74) is 0.381. The second-order valence-corrected chi connectivity index (χ2v) is 8.08. The smallest absolute Gasteiger partial charge is 0.258 e. The average Bonchev–Trinajstić information content (AvgIpc) is 3.12. The van der Waals surface area contributed by atoms with Crippen LogP contribution in [0.2, 0.25) is 0 Å². The van der Waals surface area contributed by atoms with Crippen molar-refractivity contribution in [3.05, 3.63) is 35.7 Å². The second kappa shape index (κ2) is 6.23. The number of carbonyl (C=O) groups is 1. The van der Waals surface area contributed by atoms with E-state index < -0.39 is 9.84 Å². The van der Waals surface area contributed by atoms with E-state index >= 15 is 0 Å². The Balaban J connectivity index is 1.67. The molecular formula is C15H18N4O4S. The highest BCUT2D eigenvalue weighted by atomic mass is 32.2. The fourth-order valence-electron chi connectivity index (χ4n) is 2.61. The highest BCUT2D eigenvalue weighted by Gasteiger charge is 2.31. The van der Waals surface area contributed by atoms with Crippen LogP contribution < -0.4 is 10.2 Å². The van der Waals surface area contributed by atoms with E-state index in [0.29, 0.717) is 29.4 Å². The third-order valence-electron chi connectivity index (χ3n) is 4.00. The summed E-state index contributed by atoms with van der Waals surface area (Å²) in [5.74, 6) is 1.58. The lowest BCUT2D eigenvalue weighted by Gasteiger charge is -2.24. The summed E-state index contributed by atoms with van der Waals surface area (Å²) in [7, 11) is -1.14. The molecule has 0 spiro atoms. The van der Waals surface area contributed by atoms with Gasteiger partial charge in [-0.1, -0.05) is 5.16 Å². The van der Waals surface area contributed by atoms with Crippen molar-refractivity contribution in [2.75, 3.05) is 28.8 Å². The average molecular weight is 350 g/mol. The van der Waals surface area contributed by atoms with Crippen LogP contribution in [0.15, 0.2) is 28.9 Å². The van der Waals surface area contributed by atoms with Crippen LogP contribution in [0.25, 0.3) is 0 Å². The van der Waals surface area contributed by atoms with Gasteiger partial charge in [0, 0.05) is 25.4 Å². The van der Waals surface area contributed by atoms with E-state index in [1.54, 1.807) is 25.1 Å². The topological polar surface area (TPSA) is 105 Å². The summed E-state index contributed by atoms with van der Waals surface area (Å²) in [6.45, 7) is 1.73. The minimum absolute atomic E-state index is 0.0831. The Morgan fingerprint density at radius 2 is 2.21 bits per heavy atom. The number of sulfone groups is 1. The molecule has 2 aromatic rings. The molecule has 1 aliphatic rings. The Morgan fingerprint density at radius 1 is 1.42 bits per heavy atom. The molecule has 0 aliphatic carbocycles.